The molecular formula is C21H26N2O3. The van der Waals surface area contributed by atoms with E-state index in [0.717, 1.165) is 19.6 Å². The minimum absolute atomic E-state index is 0.0705. The number of methoxy groups -OCH3 is 1. The highest BCUT2D eigenvalue weighted by molar-refractivity contribution is 5.70. The molecule has 2 aromatic carbocycles. The summed E-state index contributed by atoms with van der Waals surface area (Å²) in [5.74, 6) is 1.26. The van der Waals surface area contributed by atoms with Crippen LogP contribution < -0.4 is 10.5 Å². The second kappa shape index (κ2) is 8.83. The summed E-state index contributed by atoms with van der Waals surface area (Å²) in [5, 5.41) is 0. The highest BCUT2D eigenvalue weighted by Gasteiger charge is 2.32. The van der Waals surface area contributed by atoms with E-state index in [-0.39, 0.29) is 12.6 Å². The van der Waals surface area contributed by atoms with E-state index < -0.39 is 0 Å². The van der Waals surface area contributed by atoms with Gasteiger partial charge in [-0.2, -0.15) is 0 Å². The maximum absolute atomic E-state index is 11.1. The fourth-order valence-electron chi connectivity index (χ4n) is 3.56. The fourth-order valence-corrected chi connectivity index (χ4v) is 3.56. The first-order valence-corrected chi connectivity index (χ1v) is 8.95. The first-order chi connectivity index (χ1) is 12.7. The standard InChI is InChI=1S/C21H26N2O3/c1-25-21(24)15-26-19-9-7-16(8-10-19)12-23-13-18(11-22)20(14-23)17-5-3-2-4-6-17/h2-10,18,20H,11-15,22H2,1H3/t18-,20+/m1/s1. The molecule has 1 aliphatic heterocycles. The van der Waals surface area contributed by atoms with Crippen LogP contribution in [0.25, 0.3) is 0 Å². The van der Waals surface area contributed by atoms with Crippen LogP contribution in [0.5, 0.6) is 5.75 Å². The van der Waals surface area contributed by atoms with Crippen molar-refractivity contribution in [1.29, 1.82) is 0 Å². The number of hydrogen-bond donors (Lipinski definition) is 1. The molecular weight excluding hydrogens is 328 g/mol. The summed E-state index contributed by atoms with van der Waals surface area (Å²) in [6.45, 7) is 3.55. The molecule has 1 saturated heterocycles. The molecule has 0 amide bonds. The Kier molecular flexibility index (Phi) is 6.26. The molecule has 0 bridgehead atoms. The Balaban J connectivity index is 1.58. The van der Waals surface area contributed by atoms with Gasteiger partial charge < -0.3 is 15.2 Å². The Bertz CT molecular complexity index is 703. The molecule has 2 N–H and O–H groups in total. The van der Waals surface area contributed by atoms with Gasteiger partial charge in [-0.3, -0.25) is 4.90 Å². The Morgan fingerprint density at radius 1 is 1.12 bits per heavy atom. The maximum Gasteiger partial charge on any atom is 0.343 e. The highest BCUT2D eigenvalue weighted by Crippen LogP contribution is 2.32. The second-order valence-corrected chi connectivity index (χ2v) is 6.72. The van der Waals surface area contributed by atoms with Gasteiger partial charge in [0.25, 0.3) is 0 Å². The van der Waals surface area contributed by atoms with Crippen molar-refractivity contribution in [2.24, 2.45) is 11.7 Å². The molecule has 1 fully saturated rings. The summed E-state index contributed by atoms with van der Waals surface area (Å²) in [6.07, 6.45) is 0. The topological polar surface area (TPSA) is 64.8 Å². The number of rotatable bonds is 7. The maximum atomic E-state index is 11.1. The Hall–Kier alpha value is -2.37. The molecule has 0 aromatic heterocycles. The van der Waals surface area contributed by atoms with Gasteiger partial charge in [0.05, 0.1) is 7.11 Å². The van der Waals surface area contributed by atoms with E-state index in [9.17, 15) is 4.79 Å². The van der Waals surface area contributed by atoms with Gasteiger partial charge in [-0.25, -0.2) is 4.79 Å². The number of nitrogens with zero attached hydrogens (tertiary/aromatic N) is 1. The monoisotopic (exact) mass is 354 g/mol. The normalized spacial score (nSPS) is 20.1. The zero-order valence-electron chi connectivity index (χ0n) is 15.1. The van der Waals surface area contributed by atoms with Crippen molar-refractivity contribution < 1.29 is 14.3 Å². The summed E-state index contributed by atoms with van der Waals surface area (Å²) in [4.78, 5) is 13.6. The third-order valence-corrected chi connectivity index (χ3v) is 4.96. The average molecular weight is 354 g/mol. The van der Waals surface area contributed by atoms with Crippen LogP contribution in [0.4, 0.5) is 0 Å². The molecule has 1 heterocycles. The van der Waals surface area contributed by atoms with Crippen LogP contribution >= 0.6 is 0 Å². The zero-order chi connectivity index (χ0) is 18.4. The number of hydrogen-bond acceptors (Lipinski definition) is 5. The van der Waals surface area contributed by atoms with Gasteiger partial charge in [-0.05, 0) is 35.7 Å². The van der Waals surface area contributed by atoms with Crippen molar-refractivity contribution in [2.45, 2.75) is 12.5 Å². The number of likely N-dealkylation sites (tertiary alicyclic amines) is 1. The minimum Gasteiger partial charge on any atom is -0.482 e. The van der Waals surface area contributed by atoms with Gasteiger partial charge in [0.2, 0.25) is 0 Å². The molecule has 2 aromatic rings. The predicted molar refractivity (Wildman–Crippen MR) is 101 cm³/mol. The van der Waals surface area contributed by atoms with Crippen LogP contribution in [0.15, 0.2) is 54.6 Å². The van der Waals surface area contributed by atoms with Crippen LogP contribution in [-0.4, -0.2) is 44.2 Å². The molecule has 5 heteroatoms. The summed E-state index contributed by atoms with van der Waals surface area (Å²) >= 11 is 0. The molecule has 0 radical (unpaired) electrons. The smallest absolute Gasteiger partial charge is 0.343 e. The number of ether oxygens (including phenoxy) is 2. The van der Waals surface area contributed by atoms with Crippen LogP contribution in [-0.2, 0) is 16.1 Å². The van der Waals surface area contributed by atoms with Gasteiger partial charge in [-0.15, -0.1) is 0 Å². The summed E-state index contributed by atoms with van der Waals surface area (Å²) in [7, 11) is 1.35. The van der Waals surface area contributed by atoms with E-state index in [1.54, 1.807) is 0 Å². The van der Waals surface area contributed by atoms with Crippen molar-refractivity contribution in [3.63, 3.8) is 0 Å². The van der Waals surface area contributed by atoms with E-state index in [2.05, 4.69) is 40.0 Å². The number of esters is 1. The van der Waals surface area contributed by atoms with Crippen LogP contribution in [0.1, 0.15) is 17.0 Å². The number of carbonyl (C=O) groups is 1. The van der Waals surface area contributed by atoms with Crippen LogP contribution in [0.3, 0.4) is 0 Å². The van der Waals surface area contributed by atoms with Gasteiger partial charge in [0.15, 0.2) is 6.61 Å². The molecule has 0 saturated carbocycles. The van der Waals surface area contributed by atoms with Crippen LogP contribution in [0, 0.1) is 5.92 Å². The lowest BCUT2D eigenvalue weighted by atomic mass is 9.89. The van der Waals surface area contributed by atoms with E-state index in [4.69, 9.17) is 10.5 Å². The van der Waals surface area contributed by atoms with Crippen molar-refractivity contribution in [1.82, 2.24) is 4.90 Å². The predicted octanol–water partition coefficient (Wildman–Crippen LogP) is 2.41. The Labute approximate surface area is 154 Å². The first kappa shape index (κ1) is 18.4. The van der Waals surface area contributed by atoms with Crippen molar-refractivity contribution in [3.05, 3.63) is 65.7 Å². The molecule has 3 rings (SSSR count). The lowest BCUT2D eigenvalue weighted by Crippen LogP contribution is -2.23. The lowest BCUT2D eigenvalue weighted by Gasteiger charge is -2.17. The molecule has 138 valence electrons. The fraction of sp³-hybridized carbons (Fsp3) is 0.381. The number of carbonyl (C=O) groups excluding carboxylic acids is 1. The summed E-state index contributed by atoms with van der Waals surface area (Å²) in [6, 6.07) is 18.5. The average Bonchev–Trinajstić information content (AvgIpc) is 3.10. The molecule has 1 aliphatic rings. The lowest BCUT2D eigenvalue weighted by molar-refractivity contribution is -0.142. The first-order valence-electron chi connectivity index (χ1n) is 8.95. The van der Waals surface area contributed by atoms with Crippen molar-refractivity contribution in [3.8, 4) is 5.75 Å². The molecule has 5 nitrogen and oxygen atoms in total. The van der Waals surface area contributed by atoms with Gasteiger partial charge in [-0.1, -0.05) is 42.5 Å². The van der Waals surface area contributed by atoms with Crippen LogP contribution in [0.2, 0.25) is 0 Å². The third-order valence-electron chi connectivity index (χ3n) is 4.96. The van der Waals surface area contributed by atoms with Gasteiger partial charge in [0.1, 0.15) is 5.75 Å². The highest BCUT2D eigenvalue weighted by atomic mass is 16.6. The largest absolute Gasteiger partial charge is 0.482 e. The van der Waals surface area contributed by atoms with Crippen molar-refractivity contribution >= 4 is 5.97 Å². The summed E-state index contributed by atoms with van der Waals surface area (Å²) < 4.78 is 9.96. The molecule has 26 heavy (non-hydrogen) atoms. The zero-order valence-corrected chi connectivity index (χ0v) is 15.1. The quantitative estimate of drug-likeness (QED) is 0.774. The van der Waals surface area contributed by atoms with E-state index >= 15 is 0 Å². The molecule has 2 atom stereocenters. The minimum atomic E-state index is -0.383. The number of benzene rings is 2. The number of nitrogens with two attached hydrogens (primary N) is 1. The van der Waals surface area contributed by atoms with Crippen molar-refractivity contribution in [2.75, 3.05) is 33.4 Å². The summed E-state index contributed by atoms with van der Waals surface area (Å²) in [5.41, 5.74) is 8.62. The van der Waals surface area contributed by atoms with E-state index in [1.807, 2.05) is 24.3 Å². The van der Waals surface area contributed by atoms with E-state index in [0.29, 0.717) is 24.1 Å². The van der Waals surface area contributed by atoms with E-state index in [1.165, 1.54) is 18.2 Å². The SMILES string of the molecule is COC(=O)COc1ccc(CN2C[C@@H](CN)[C@H](c3ccccc3)C2)cc1. The van der Waals surface area contributed by atoms with Gasteiger partial charge >= 0.3 is 5.97 Å². The molecule has 0 spiro atoms. The molecule has 0 aliphatic carbocycles. The van der Waals surface area contributed by atoms with Gasteiger partial charge in [0, 0.05) is 25.6 Å². The second-order valence-electron chi connectivity index (χ2n) is 6.72. The Morgan fingerprint density at radius 2 is 1.85 bits per heavy atom. The molecule has 0 unspecified atom stereocenters. The third kappa shape index (κ3) is 4.62. The Morgan fingerprint density at radius 3 is 2.50 bits per heavy atom.